The van der Waals surface area contributed by atoms with Crippen LogP contribution in [0.2, 0.25) is 0 Å². The monoisotopic (exact) mass is 403 g/mol. The molecule has 5 rings (SSSR count). The molecule has 2 aliphatic heterocycles. The van der Waals surface area contributed by atoms with Gasteiger partial charge in [-0.05, 0) is 56.3 Å². The van der Waals surface area contributed by atoms with Crippen LogP contribution in [0.15, 0.2) is 36.5 Å². The van der Waals surface area contributed by atoms with Crippen LogP contribution in [0.1, 0.15) is 46.9 Å². The van der Waals surface area contributed by atoms with E-state index in [1.807, 2.05) is 12.1 Å². The average Bonchev–Trinajstić information content (AvgIpc) is 3.28. The first-order valence-corrected chi connectivity index (χ1v) is 10.4. The molecule has 30 heavy (non-hydrogen) atoms. The van der Waals surface area contributed by atoms with E-state index in [-0.39, 0.29) is 11.8 Å². The maximum atomic E-state index is 12.7. The van der Waals surface area contributed by atoms with Crippen molar-refractivity contribution in [2.75, 3.05) is 30.9 Å². The molecule has 2 amide bonds. The summed E-state index contributed by atoms with van der Waals surface area (Å²) < 4.78 is 0. The van der Waals surface area contributed by atoms with Gasteiger partial charge in [-0.2, -0.15) is 0 Å². The maximum Gasteiger partial charge on any atom is 0.256 e. The molecule has 1 aromatic carbocycles. The van der Waals surface area contributed by atoms with Gasteiger partial charge in [0.1, 0.15) is 5.82 Å². The number of fused-ring (bicyclic) bond motifs is 2. The predicted octanol–water partition coefficient (Wildman–Crippen LogP) is 3.49. The Kier molecular flexibility index (Phi) is 4.55. The predicted molar refractivity (Wildman–Crippen MR) is 117 cm³/mol. The smallest absolute Gasteiger partial charge is 0.256 e. The molecule has 7 nitrogen and oxygen atoms in total. The van der Waals surface area contributed by atoms with Crippen LogP contribution in [-0.4, -0.2) is 47.3 Å². The largest absolute Gasteiger partial charge is 0.357 e. The van der Waals surface area contributed by atoms with Crippen molar-refractivity contribution in [1.29, 1.82) is 0 Å². The molecule has 2 N–H and O–H groups in total. The molecule has 0 bridgehead atoms. The van der Waals surface area contributed by atoms with E-state index in [1.54, 1.807) is 30.3 Å². The van der Waals surface area contributed by atoms with Gasteiger partial charge in [0.15, 0.2) is 0 Å². The number of hydrogen-bond donors (Lipinski definition) is 2. The third kappa shape index (κ3) is 3.25. The molecule has 154 valence electrons. The van der Waals surface area contributed by atoms with Crippen molar-refractivity contribution in [2.24, 2.45) is 0 Å². The van der Waals surface area contributed by atoms with Crippen LogP contribution in [-0.2, 0) is 11.2 Å². The second-order valence-corrected chi connectivity index (χ2v) is 8.30. The van der Waals surface area contributed by atoms with E-state index in [1.165, 1.54) is 18.5 Å². The van der Waals surface area contributed by atoms with Crippen LogP contribution in [0.3, 0.4) is 0 Å². The minimum atomic E-state index is -0.231. The number of hydrogen-bond acceptors (Lipinski definition) is 4. The van der Waals surface area contributed by atoms with Crippen molar-refractivity contribution in [1.82, 2.24) is 14.9 Å². The zero-order valence-electron chi connectivity index (χ0n) is 17.2. The lowest BCUT2D eigenvalue weighted by atomic mass is 10.0. The van der Waals surface area contributed by atoms with Gasteiger partial charge in [-0.3, -0.25) is 14.5 Å². The number of aromatic amines is 1. The van der Waals surface area contributed by atoms with Crippen LogP contribution in [0.5, 0.6) is 0 Å². The number of amides is 2. The molecule has 1 fully saturated rings. The number of likely N-dealkylation sites (tertiary alicyclic amines) is 1. The van der Waals surface area contributed by atoms with E-state index >= 15 is 0 Å². The topological polar surface area (TPSA) is 81.3 Å². The third-order valence-electron chi connectivity index (χ3n) is 6.31. The Morgan fingerprint density at radius 3 is 2.90 bits per heavy atom. The number of piperidine rings is 1. The summed E-state index contributed by atoms with van der Waals surface area (Å²) in [7, 11) is 3.92. The minimum Gasteiger partial charge on any atom is -0.357 e. The summed E-state index contributed by atoms with van der Waals surface area (Å²) in [6, 6.07) is 9.79. The maximum absolute atomic E-state index is 12.7. The lowest BCUT2D eigenvalue weighted by Crippen LogP contribution is -2.29. The van der Waals surface area contributed by atoms with Crippen molar-refractivity contribution < 1.29 is 9.59 Å². The van der Waals surface area contributed by atoms with Gasteiger partial charge in [0.2, 0.25) is 5.91 Å². The van der Waals surface area contributed by atoms with Crippen molar-refractivity contribution in [3.8, 4) is 0 Å². The number of carbonyl (C=O) groups is 2. The Morgan fingerprint density at radius 1 is 1.20 bits per heavy atom. The van der Waals surface area contributed by atoms with Gasteiger partial charge in [0.05, 0.1) is 11.9 Å². The first-order chi connectivity index (χ1) is 14.5. The van der Waals surface area contributed by atoms with Crippen LogP contribution < -0.4 is 10.2 Å². The zero-order valence-corrected chi connectivity index (χ0v) is 17.2. The molecule has 7 heteroatoms. The van der Waals surface area contributed by atoms with E-state index in [2.05, 4.69) is 33.3 Å². The molecule has 0 saturated carbocycles. The summed E-state index contributed by atoms with van der Waals surface area (Å²) in [5.41, 5.74) is 4.43. The molecule has 3 aromatic rings. The number of benzene rings is 1. The number of pyridine rings is 1. The van der Waals surface area contributed by atoms with Gasteiger partial charge < -0.3 is 15.2 Å². The first kappa shape index (κ1) is 18.8. The van der Waals surface area contributed by atoms with E-state index in [4.69, 9.17) is 0 Å². The van der Waals surface area contributed by atoms with Crippen molar-refractivity contribution in [2.45, 2.75) is 31.7 Å². The quantitative estimate of drug-likeness (QED) is 0.701. The number of carbonyl (C=O) groups excluding carboxylic acids is 2. The van der Waals surface area contributed by atoms with E-state index in [0.717, 1.165) is 35.1 Å². The van der Waals surface area contributed by atoms with Crippen LogP contribution in [0.4, 0.5) is 11.5 Å². The highest BCUT2D eigenvalue weighted by Gasteiger charge is 2.25. The molecule has 2 aromatic heterocycles. The summed E-state index contributed by atoms with van der Waals surface area (Å²) >= 11 is 0. The molecule has 4 heterocycles. The number of nitrogens with one attached hydrogen (secondary N) is 2. The Hall–Kier alpha value is -3.19. The second-order valence-electron chi connectivity index (χ2n) is 8.30. The highest BCUT2D eigenvalue weighted by molar-refractivity contribution is 6.07. The molecular formula is C23H25N5O2. The van der Waals surface area contributed by atoms with E-state index in [0.29, 0.717) is 23.8 Å². The van der Waals surface area contributed by atoms with Gasteiger partial charge in [-0.15, -0.1) is 0 Å². The number of anilines is 2. The lowest BCUT2D eigenvalue weighted by molar-refractivity contribution is -0.117. The first-order valence-electron chi connectivity index (χ1n) is 10.4. The van der Waals surface area contributed by atoms with Gasteiger partial charge >= 0.3 is 0 Å². The van der Waals surface area contributed by atoms with Crippen LogP contribution in [0, 0.1) is 0 Å². The number of nitrogens with zero attached hydrogens (tertiary/aromatic N) is 3. The summed E-state index contributed by atoms with van der Waals surface area (Å²) in [6.45, 7) is 1.11. The summed E-state index contributed by atoms with van der Waals surface area (Å²) in [4.78, 5) is 36.6. The highest BCUT2D eigenvalue weighted by atomic mass is 16.2. The van der Waals surface area contributed by atoms with Gasteiger partial charge in [0.25, 0.3) is 5.91 Å². The Bertz CT molecular complexity index is 1150. The van der Waals surface area contributed by atoms with Crippen LogP contribution in [0.25, 0.3) is 10.9 Å². The highest BCUT2D eigenvalue weighted by Crippen LogP contribution is 2.32. The normalized spacial score (nSPS) is 19.3. The molecule has 0 aliphatic carbocycles. The second kappa shape index (κ2) is 7.25. The fourth-order valence-electron chi connectivity index (χ4n) is 4.56. The summed E-state index contributed by atoms with van der Waals surface area (Å²) in [6.07, 6.45) is 5.77. The third-order valence-corrected chi connectivity index (χ3v) is 6.31. The summed E-state index contributed by atoms with van der Waals surface area (Å²) in [5.74, 6) is 0.317. The molecular weight excluding hydrogens is 378 g/mol. The van der Waals surface area contributed by atoms with E-state index in [9.17, 15) is 9.59 Å². The van der Waals surface area contributed by atoms with Gasteiger partial charge in [-0.25, -0.2) is 4.98 Å². The molecule has 1 saturated heterocycles. The standard InChI is InChI=1S/C23H25N5O2/c1-27-8-4-3-5-20(27)18-10-16-13-24-21(12-17(16)25-18)26-23(30)14-6-7-19-15(9-14)11-22(29)28(19)2/h6-7,9-10,12-13,20,25H,3-5,8,11H2,1-2H3,(H,24,26,30)/t20-/m1/s1. The van der Waals surface area contributed by atoms with E-state index < -0.39 is 0 Å². The molecule has 0 radical (unpaired) electrons. The Labute approximate surface area is 175 Å². The summed E-state index contributed by atoms with van der Waals surface area (Å²) in [5, 5.41) is 3.93. The van der Waals surface area contributed by atoms with Gasteiger partial charge in [0, 0.05) is 47.7 Å². The van der Waals surface area contributed by atoms with Crippen LogP contribution >= 0.6 is 0 Å². The lowest BCUT2D eigenvalue weighted by Gasteiger charge is -2.31. The Balaban J connectivity index is 1.36. The Morgan fingerprint density at radius 2 is 2.07 bits per heavy atom. The average molecular weight is 403 g/mol. The molecule has 1 atom stereocenters. The van der Waals surface area contributed by atoms with Crippen molar-refractivity contribution >= 4 is 34.2 Å². The van der Waals surface area contributed by atoms with Gasteiger partial charge in [-0.1, -0.05) is 6.42 Å². The fraction of sp³-hybridized carbons (Fsp3) is 0.348. The SMILES string of the molecule is CN1C(=O)Cc2cc(C(=O)Nc3cc4[nH]c([C@H]5CCCCN5C)cc4cn3)ccc21. The number of H-pyrrole nitrogens is 1. The fourth-order valence-corrected chi connectivity index (χ4v) is 4.56. The molecule has 0 spiro atoms. The van der Waals surface area contributed by atoms with Crippen molar-refractivity contribution in [3.63, 3.8) is 0 Å². The van der Waals surface area contributed by atoms with Crippen molar-refractivity contribution in [3.05, 3.63) is 53.3 Å². The zero-order chi connectivity index (χ0) is 20.8. The number of rotatable bonds is 3. The number of likely N-dealkylation sites (N-methyl/N-ethyl adjacent to an activating group) is 1. The number of aromatic nitrogens is 2. The molecule has 2 aliphatic rings. The molecule has 0 unspecified atom stereocenters. The minimum absolute atomic E-state index is 0.0424.